The third kappa shape index (κ3) is 98.1. The monoisotopic (exact) mass is 200 g/mol. The Balaban J connectivity index is -0.0000000800. The van der Waals surface area contributed by atoms with Gasteiger partial charge in [-0.2, -0.15) is 0 Å². The van der Waals surface area contributed by atoms with Crippen LogP contribution in [0.5, 0.6) is 0 Å². The molecule has 0 aromatic rings. The SMILES string of the molecule is [Na+].[Ni+2].[O]=[Mn](=[O])([O-])[O-]. The maximum atomic E-state index is 8.58. The zero-order valence-electron chi connectivity index (χ0n) is 3.33. The normalized spacial score (nSPS) is 8.29. The van der Waals surface area contributed by atoms with Gasteiger partial charge in [-0.05, 0) is 0 Å². The van der Waals surface area contributed by atoms with Crippen LogP contribution in [0.25, 0.3) is 0 Å². The number of hydrogen-bond donors (Lipinski definition) is 0. The van der Waals surface area contributed by atoms with Crippen LogP contribution in [-0.4, -0.2) is 0 Å². The first-order valence-corrected chi connectivity index (χ1v) is 2.54. The summed E-state index contributed by atoms with van der Waals surface area (Å²) in [6.45, 7) is 0. The van der Waals surface area contributed by atoms with Crippen LogP contribution in [0.4, 0.5) is 0 Å². The molecule has 0 aliphatic carbocycles. The van der Waals surface area contributed by atoms with Gasteiger partial charge in [-0.3, -0.25) is 0 Å². The van der Waals surface area contributed by atoms with Crippen LogP contribution >= 0.6 is 0 Å². The standard InChI is InChI=1S/Mn.Na.Ni.4O/q;+1;+2;;;2*-1. The van der Waals surface area contributed by atoms with Gasteiger partial charge in [0.1, 0.15) is 0 Å². The first kappa shape index (κ1) is 15.8. The second-order valence-electron chi connectivity index (χ2n) is 0.378. The van der Waals surface area contributed by atoms with Gasteiger partial charge in [-0.15, -0.1) is 0 Å². The van der Waals surface area contributed by atoms with Crippen molar-refractivity contribution in [3.05, 3.63) is 0 Å². The Hall–Kier alpha value is 1.53. The zero-order chi connectivity index (χ0) is 4.50. The minimum absolute atomic E-state index is 0. The van der Waals surface area contributed by atoms with Gasteiger partial charge in [0.05, 0.1) is 0 Å². The quantitative estimate of drug-likeness (QED) is 0.365. The van der Waals surface area contributed by atoms with Crippen LogP contribution in [0.1, 0.15) is 0 Å². The first-order chi connectivity index (χ1) is 2.00. The molecule has 0 heterocycles. The molecule has 0 aliphatic heterocycles. The van der Waals surface area contributed by atoms with E-state index < -0.39 is 13.4 Å². The summed E-state index contributed by atoms with van der Waals surface area (Å²) < 4.78 is 34.3. The molecule has 0 aromatic carbocycles. The number of hydrogen-bond acceptors (Lipinski definition) is 4. The van der Waals surface area contributed by atoms with Gasteiger partial charge in [-0.1, -0.05) is 0 Å². The Bertz CT molecular complexity index is 94.9. The molecule has 0 N–H and O–H groups in total. The van der Waals surface area contributed by atoms with Gasteiger partial charge in [0.15, 0.2) is 0 Å². The van der Waals surface area contributed by atoms with Gasteiger partial charge < -0.3 is 0 Å². The molecule has 0 radical (unpaired) electrons. The summed E-state index contributed by atoms with van der Waals surface area (Å²) in [6, 6.07) is 0. The van der Waals surface area contributed by atoms with Crippen molar-refractivity contribution in [3.63, 3.8) is 0 Å². The molecule has 0 amide bonds. The minimum atomic E-state index is -5.62. The Morgan fingerprint density at radius 1 is 1.14 bits per heavy atom. The molecule has 0 fully saturated rings. The molecule has 41 valence electrons. The fourth-order valence-corrected chi connectivity index (χ4v) is 0. The van der Waals surface area contributed by atoms with Gasteiger partial charge in [0, 0.05) is 0 Å². The van der Waals surface area contributed by atoms with E-state index in [0.29, 0.717) is 0 Å². The van der Waals surface area contributed by atoms with E-state index in [1.54, 1.807) is 0 Å². The summed E-state index contributed by atoms with van der Waals surface area (Å²) in [5, 5.41) is 0. The maximum absolute atomic E-state index is 8.58. The van der Waals surface area contributed by atoms with E-state index in [-0.39, 0.29) is 46.0 Å². The van der Waals surface area contributed by atoms with Crippen LogP contribution in [0, 0.1) is 0 Å². The Labute approximate surface area is 74.8 Å². The Morgan fingerprint density at radius 2 is 1.14 bits per heavy atom. The zero-order valence-corrected chi connectivity index (χ0v) is 7.50. The molecule has 7 heteroatoms. The van der Waals surface area contributed by atoms with Crippen molar-refractivity contribution in [1.29, 1.82) is 0 Å². The van der Waals surface area contributed by atoms with Crippen LogP contribution in [0.15, 0.2) is 0 Å². The predicted molar refractivity (Wildman–Crippen MR) is 1.37 cm³/mol. The van der Waals surface area contributed by atoms with Crippen molar-refractivity contribution in [3.8, 4) is 0 Å². The summed E-state index contributed by atoms with van der Waals surface area (Å²) >= 11 is -5.62. The molecule has 0 aromatic heterocycles. The van der Waals surface area contributed by atoms with Crippen LogP contribution < -0.4 is 37.9 Å². The molecule has 0 bridgehead atoms. The van der Waals surface area contributed by atoms with Crippen molar-refractivity contribution in [2.45, 2.75) is 0 Å². The average molecular weight is 201 g/mol. The molecular weight excluding hydrogens is 201 g/mol. The summed E-state index contributed by atoms with van der Waals surface area (Å²) in [5.74, 6) is 0. The van der Waals surface area contributed by atoms with Gasteiger partial charge in [0.2, 0.25) is 0 Å². The Morgan fingerprint density at radius 3 is 1.14 bits per heavy atom. The predicted octanol–water partition coefficient (Wildman–Crippen LogP) is -5.62. The average Bonchev–Trinajstić information content (AvgIpc) is 0.722. The fourth-order valence-electron chi connectivity index (χ4n) is 0. The van der Waals surface area contributed by atoms with Gasteiger partial charge in [-0.25, -0.2) is 0 Å². The van der Waals surface area contributed by atoms with Gasteiger partial charge >= 0.3 is 75.5 Å². The van der Waals surface area contributed by atoms with Crippen molar-refractivity contribution in [1.82, 2.24) is 0 Å². The van der Waals surface area contributed by atoms with E-state index in [1.807, 2.05) is 0 Å². The molecule has 0 unspecified atom stereocenters. The van der Waals surface area contributed by atoms with E-state index in [2.05, 4.69) is 0 Å². The van der Waals surface area contributed by atoms with E-state index >= 15 is 0 Å². The van der Waals surface area contributed by atoms with Crippen LogP contribution in [-0.2, 0) is 37.5 Å². The molecular formula is MnNaNiO4+. The Kier molecular flexibility index (Phi) is 12.8. The third-order valence-electron chi connectivity index (χ3n) is 0. The molecule has 0 saturated carbocycles. The summed E-state index contributed by atoms with van der Waals surface area (Å²) in [6.07, 6.45) is 0. The molecule has 0 saturated heterocycles. The molecule has 4 nitrogen and oxygen atoms in total. The molecule has 0 spiro atoms. The van der Waals surface area contributed by atoms with E-state index in [4.69, 9.17) is 16.0 Å². The third-order valence-corrected chi connectivity index (χ3v) is 0. The molecule has 0 atom stereocenters. The number of rotatable bonds is 0. The van der Waals surface area contributed by atoms with Crippen LogP contribution in [0.2, 0.25) is 0 Å². The fraction of sp³-hybridized carbons (Fsp3) is 0. The van der Waals surface area contributed by atoms with Crippen molar-refractivity contribution in [2.75, 3.05) is 0 Å². The second kappa shape index (κ2) is 5.67. The van der Waals surface area contributed by atoms with Crippen molar-refractivity contribution < 1.29 is 75.5 Å². The summed E-state index contributed by atoms with van der Waals surface area (Å²) in [5.41, 5.74) is 0. The van der Waals surface area contributed by atoms with E-state index in [0.717, 1.165) is 0 Å². The molecule has 0 aliphatic rings. The topological polar surface area (TPSA) is 80.3 Å². The van der Waals surface area contributed by atoms with E-state index in [9.17, 15) is 0 Å². The molecule has 7 heavy (non-hydrogen) atoms. The van der Waals surface area contributed by atoms with Crippen molar-refractivity contribution in [2.24, 2.45) is 0 Å². The second-order valence-corrected chi connectivity index (χ2v) is 1.56. The van der Waals surface area contributed by atoms with Gasteiger partial charge in [0.25, 0.3) is 0 Å². The van der Waals surface area contributed by atoms with Crippen LogP contribution in [0.3, 0.4) is 0 Å². The van der Waals surface area contributed by atoms with Crippen molar-refractivity contribution >= 4 is 0 Å². The van der Waals surface area contributed by atoms with E-state index in [1.165, 1.54) is 0 Å². The first-order valence-electron chi connectivity index (χ1n) is 0.617. The molecule has 0 rings (SSSR count). The summed E-state index contributed by atoms with van der Waals surface area (Å²) in [4.78, 5) is 0. The summed E-state index contributed by atoms with van der Waals surface area (Å²) in [7, 11) is 0.